The first kappa shape index (κ1) is 16.0. The molecule has 0 radical (unpaired) electrons. The molecule has 1 fully saturated rings. The van der Waals surface area contributed by atoms with Crippen LogP contribution in [-0.2, 0) is 0 Å². The minimum absolute atomic E-state index is 0.106. The normalized spacial score (nSPS) is 17.8. The maximum Gasteiger partial charge on any atom is 0.123 e. The highest BCUT2D eigenvalue weighted by molar-refractivity contribution is 5.67. The van der Waals surface area contributed by atoms with E-state index in [1.807, 2.05) is 12.1 Å². The molecule has 2 aromatic rings. The molecule has 2 nitrogen and oxygen atoms in total. The lowest BCUT2D eigenvalue weighted by molar-refractivity contribution is 0.616. The number of hydrogen-bond acceptors (Lipinski definition) is 2. The number of rotatable bonds is 2. The number of nitrogens with one attached hydrogen (secondary N) is 1. The first-order chi connectivity index (χ1) is 10.9. The average molecular weight is 312 g/mol. The lowest BCUT2D eigenvalue weighted by atomic mass is 9.92. The van der Waals surface area contributed by atoms with Crippen molar-refractivity contribution in [2.75, 3.05) is 18.0 Å². The maximum atomic E-state index is 13.2. The molecule has 23 heavy (non-hydrogen) atoms. The van der Waals surface area contributed by atoms with Gasteiger partial charge in [-0.2, -0.15) is 0 Å². The van der Waals surface area contributed by atoms with Gasteiger partial charge in [0.25, 0.3) is 0 Å². The molecule has 0 saturated carbocycles. The van der Waals surface area contributed by atoms with E-state index in [2.05, 4.69) is 44.8 Å². The molecule has 1 saturated heterocycles. The Kier molecular flexibility index (Phi) is 4.15. The third-order valence-corrected chi connectivity index (χ3v) is 5.44. The van der Waals surface area contributed by atoms with E-state index in [-0.39, 0.29) is 12.0 Å². The van der Waals surface area contributed by atoms with Gasteiger partial charge in [0.15, 0.2) is 0 Å². The SMILES string of the molecule is Cc1c(C)c(C)c(N2CCNC2c2ccc(F)cc2)c(C)c1C. The largest absolute Gasteiger partial charge is 0.350 e. The lowest BCUT2D eigenvalue weighted by Crippen LogP contribution is -2.29. The van der Waals surface area contributed by atoms with Crippen molar-refractivity contribution in [3.63, 3.8) is 0 Å². The van der Waals surface area contributed by atoms with E-state index in [4.69, 9.17) is 0 Å². The third kappa shape index (κ3) is 2.63. The Hall–Kier alpha value is -1.87. The minimum Gasteiger partial charge on any atom is -0.350 e. The molecular weight excluding hydrogens is 287 g/mol. The number of anilines is 1. The van der Waals surface area contributed by atoms with Crippen molar-refractivity contribution >= 4 is 5.69 Å². The van der Waals surface area contributed by atoms with Crippen molar-refractivity contribution in [3.8, 4) is 0 Å². The van der Waals surface area contributed by atoms with Crippen LogP contribution in [0.1, 0.15) is 39.5 Å². The fourth-order valence-corrected chi connectivity index (χ4v) is 3.66. The Labute approximate surface area is 138 Å². The molecule has 1 atom stereocenters. The quantitative estimate of drug-likeness (QED) is 0.880. The van der Waals surface area contributed by atoms with Crippen molar-refractivity contribution in [2.45, 2.75) is 40.8 Å². The molecule has 122 valence electrons. The second-order valence-electron chi connectivity index (χ2n) is 6.58. The van der Waals surface area contributed by atoms with E-state index in [0.29, 0.717) is 0 Å². The summed E-state index contributed by atoms with van der Waals surface area (Å²) in [6.07, 6.45) is 0.106. The highest BCUT2D eigenvalue weighted by Crippen LogP contribution is 2.37. The van der Waals surface area contributed by atoms with Gasteiger partial charge < -0.3 is 4.90 Å². The van der Waals surface area contributed by atoms with Crippen molar-refractivity contribution in [1.29, 1.82) is 0 Å². The second kappa shape index (κ2) is 5.97. The number of nitrogens with zero attached hydrogens (tertiary/aromatic N) is 1. The van der Waals surface area contributed by atoms with Gasteiger partial charge in [-0.3, -0.25) is 5.32 Å². The molecule has 0 spiro atoms. The van der Waals surface area contributed by atoms with Crippen LogP contribution < -0.4 is 10.2 Å². The van der Waals surface area contributed by atoms with Gasteiger partial charge in [0.1, 0.15) is 12.0 Å². The van der Waals surface area contributed by atoms with Crippen molar-refractivity contribution in [3.05, 3.63) is 63.5 Å². The molecule has 0 amide bonds. The second-order valence-corrected chi connectivity index (χ2v) is 6.58. The van der Waals surface area contributed by atoms with Crippen LogP contribution in [-0.4, -0.2) is 13.1 Å². The zero-order chi connectivity index (χ0) is 16.7. The smallest absolute Gasteiger partial charge is 0.123 e. The maximum absolute atomic E-state index is 13.2. The van der Waals surface area contributed by atoms with Crippen LogP contribution in [0.2, 0.25) is 0 Å². The summed E-state index contributed by atoms with van der Waals surface area (Å²) in [5.41, 5.74) is 9.25. The van der Waals surface area contributed by atoms with Crippen LogP contribution in [0, 0.1) is 40.4 Å². The molecule has 0 bridgehead atoms. The summed E-state index contributed by atoms with van der Waals surface area (Å²) in [6.45, 7) is 12.9. The average Bonchev–Trinajstić information content (AvgIpc) is 3.01. The third-order valence-electron chi connectivity index (χ3n) is 5.44. The van der Waals surface area contributed by atoms with E-state index >= 15 is 0 Å². The summed E-state index contributed by atoms with van der Waals surface area (Å²) < 4.78 is 13.2. The van der Waals surface area contributed by atoms with Crippen LogP contribution in [0.5, 0.6) is 0 Å². The van der Waals surface area contributed by atoms with E-state index in [0.717, 1.165) is 18.7 Å². The molecule has 3 heteroatoms. The van der Waals surface area contributed by atoms with Crippen LogP contribution in [0.15, 0.2) is 24.3 Å². The summed E-state index contributed by atoms with van der Waals surface area (Å²) in [7, 11) is 0. The highest BCUT2D eigenvalue weighted by Gasteiger charge is 2.29. The van der Waals surface area contributed by atoms with Gasteiger partial charge in [0, 0.05) is 18.8 Å². The summed E-state index contributed by atoms with van der Waals surface area (Å²) in [5, 5.41) is 3.55. The first-order valence-electron chi connectivity index (χ1n) is 8.24. The predicted molar refractivity (Wildman–Crippen MR) is 94.6 cm³/mol. The lowest BCUT2D eigenvalue weighted by Gasteiger charge is -2.32. The van der Waals surface area contributed by atoms with Crippen LogP contribution >= 0.6 is 0 Å². The van der Waals surface area contributed by atoms with Crippen LogP contribution in [0.4, 0.5) is 10.1 Å². The van der Waals surface area contributed by atoms with Gasteiger partial charge in [-0.25, -0.2) is 4.39 Å². The summed E-state index contributed by atoms with van der Waals surface area (Å²) >= 11 is 0. The fraction of sp³-hybridized carbons (Fsp3) is 0.400. The van der Waals surface area contributed by atoms with Gasteiger partial charge in [0.05, 0.1) is 0 Å². The molecule has 0 aromatic heterocycles. The molecule has 2 aromatic carbocycles. The Bertz CT molecular complexity index is 705. The van der Waals surface area contributed by atoms with E-state index in [1.165, 1.54) is 33.5 Å². The molecule has 3 rings (SSSR count). The van der Waals surface area contributed by atoms with Gasteiger partial charge in [0.2, 0.25) is 0 Å². The zero-order valence-corrected chi connectivity index (χ0v) is 14.6. The standard InChI is InChI=1S/C20H25FN2/c1-12-13(2)15(4)19(16(5)14(12)3)23-11-10-22-20(23)17-6-8-18(21)9-7-17/h6-9,20,22H,10-11H2,1-5H3. The van der Waals surface area contributed by atoms with Crippen molar-refractivity contribution in [2.24, 2.45) is 0 Å². The van der Waals surface area contributed by atoms with Crippen molar-refractivity contribution in [1.82, 2.24) is 5.32 Å². The Morgan fingerprint density at radius 1 is 0.870 bits per heavy atom. The highest BCUT2D eigenvalue weighted by atomic mass is 19.1. The summed E-state index contributed by atoms with van der Waals surface area (Å²) in [6, 6.07) is 6.84. The van der Waals surface area contributed by atoms with Crippen LogP contribution in [0.25, 0.3) is 0 Å². The van der Waals surface area contributed by atoms with E-state index in [9.17, 15) is 4.39 Å². The molecular formula is C20H25FN2. The monoisotopic (exact) mass is 312 g/mol. The topological polar surface area (TPSA) is 15.3 Å². The number of benzene rings is 2. The molecule has 1 aliphatic rings. The predicted octanol–water partition coefficient (Wildman–Crippen LogP) is 4.48. The van der Waals surface area contributed by atoms with E-state index < -0.39 is 0 Å². The Balaban J connectivity index is 2.09. The van der Waals surface area contributed by atoms with Crippen LogP contribution in [0.3, 0.4) is 0 Å². The minimum atomic E-state index is -0.187. The molecule has 1 N–H and O–H groups in total. The van der Waals surface area contributed by atoms with Crippen molar-refractivity contribution < 1.29 is 4.39 Å². The molecule has 1 unspecified atom stereocenters. The number of halogens is 1. The first-order valence-corrected chi connectivity index (χ1v) is 8.24. The summed E-state index contributed by atoms with van der Waals surface area (Å²) in [5.74, 6) is -0.187. The van der Waals surface area contributed by atoms with E-state index in [1.54, 1.807) is 12.1 Å². The van der Waals surface area contributed by atoms with Gasteiger partial charge in [-0.15, -0.1) is 0 Å². The number of hydrogen-bond donors (Lipinski definition) is 1. The molecule has 1 aliphatic heterocycles. The van der Waals surface area contributed by atoms with Gasteiger partial charge in [-0.1, -0.05) is 12.1 Å². The van der Waals surface area contributed by atoms with Gasteiger partial charge in [-0.05, 0) is 80.1 Å². The zero-order valence-electron chi connectivity index (χ0n) is 14.6. The van der Waals surface area contributed by atoms with Gasteiger partial charge >= 0.3 is 0 Å². The molecule has 0 aliphatic carbocycles. The fourth-order valence-electron chi connectivity index (χ4n) is 3.66. The Morgan fingerprint density at radius 3 is 1.96 bits per heavy atom. The Morgan fingerprint density at radius 2 is 1.39 bits per heavy atom. The molecule has 1 heterocycles. The summed E-state index contributed by atoms with van der Waals surface area (Å²) in [4.78, 5) is 2.43.